The van der Waals surface area contributed by atoms with E-state index >= 15 is 0 Å². The first kappa shape index (κ1) is 16.4. The van der Waals surface area contributed by atoms with E-state index in [-0.39, 0.29) is 4.90 Å². The first-order valence-electron chi connectivity index (χ1n) is 6.35. The van der Waals surface area contributed by atoms with Crippen LogP contribution in [0.3, 0.4) is 0 Å². The van der Waals surface area contributed by atoms with Crippen LogP contribution in [0.25, 0.3) is 0 Å². The average Bonchev–Trinajstić information content (AvgIpc) is 2.47. The molecule has 2 rings (SSSR count). The molecule has 0 fully saturated rings. The molecule has 0 saturated heterocycles. The minimum absolute atomic E-state index is 0.236. The number of amidine groups is 1. The predicted octanol–water partition coefficient (Wildman–Crippen LogP) is 1.86. The van der Waals surface area contributed by atoms with Crippen molar-refractivity contribution in [2.24, 2.45) is 10.7 Å². The molecule has 7 heteroatoms. The van der Waals surface area contributed by atoms with E-state index in [0.29, 0.717) is 22.0 Å². The summed E-state index contributed by atoms with van der Waals surface area (Å²) >= 11 is 0. The molecule has 0 heterocycles. The fourth-order valence-electron chi connectivity index (χ4n) is 1.79. The summed E-state index contributed by atoms with van der Waals surface area (Å²) in [7, 11) is -4.26. The number of sulfone groups is 1. The zero-order chi connectivity index (χ0) is 16.3. The maximum Gasteiger partial charge on any atom is 0.175 e. The summed E-state index contributed by atoms with van der Waals surface area (Å²) < 4.78 is 34.1. The Hall–Kier alpha value is -1.99. The van der Waals surface area contributed by atoms with Crippen molar-refractivity contribution in [3.8, 4) is 0 Å². The summed E-state index contributed by atoms with van der Waals surface area (Å²) in [4.78, 5) is 5.20. The topological polar surface area (TPSA) is 89.6 Å². The van der Waals surface area contributed by atoms with Crippen molar-refractivity contribution >= 4 is 32.2 Å². The Morgan fingerprint density at radius 3 is 2.05 bits per heavy atom. The van der Waals surface area contributed by atoms with Crippen LogP contribution in [0.5, 0.6) is 0 Å². The largest absolute Gasteiger partial charge is 0.383 e. The summed E-state index contributed by atoms with van der Waals surface area (Å²) in [6.07, 6.45) is 2.76. The molecule has 22 heavy (non-hydrogen) atoms. The van der Waals surface area contributed by atoms with Crippen molar-refractivity contribution in [3.05, 3.63) is 54.1 Å². The second-order valence-corrected chi connectivity index (χ2v) is 8.14. The van der Waals surface area contributed by atoms with E-state index in [2.05, 4.69) is 4.99 Å². The first-order valence-corrected chi connectivity index (χ1v) is 9.80. The van der Waals surface area contributed by atoms with Crippen molar-refractivity contribution in [1.29, 1.82) is 0 Å². The molecule has 0 aliphatic carbocycles. The standard InChI is InChI=1S/C15H16N2O3S2/c1-21(18)13-7-3-11(4-8-13)15(16)17-12-5-9-14(10-6-12)22(2,19)20/h3-10H,1-2H3,(H2,16,17). The molecule has 0 spiro atoms. The molecular weight excluding hydrogens is 320 g/mol. The number of benzene rings is 2. The third-order valence-corrected chi connectivity index (χ3v) is 5.06. The highest BCUT2D eigenvalue weighted by Gasteiger charge is 2.06. The maximum atomic E-state index is 11.4. The van der Waals surface area contributed by atoms with Gasteiger partial charge in [-0.1, -0.05) is 12.1 Å². The Labute approximate surface area is 132 Å². The number of hydrogen-bond acceptors (Lipinski definition) is 4. The molecule has 5 nitrogen and oxygen atoms in total. The highest BCUT2D eigenvalue weighted by Crippen LogP contribution is 2.17. The molecule has 0 aromatic heterocycles. The van der Waals surface area contributed by atoms with Gasteiger partial charge in [0.15, 0.2) is 9.84 Å². The number of nitrogens with zero attached hydrogens (tertiary/aromatic N) is 1. The van der Waals surface area contributed by atoms with Crippen LogP contribution < -0.4 is 5.73 Å². The molecule has 1 atom stereocenters. The van der Waals surface area contributed by atoms with Gasteiger partial charge >= 0.3 is 0 Å². The van der Waals surface area contributed by atoms with Gasteiger partial charge in [0.2, 0.25) is 0 Å². The lowest BCUT2D eigenvalue weighted by atomic mass is 10.2. The number of rotatable bonds is 4. The summed E-state index contributed by atoms with van der Waals surface area (Å²) in [5.41, 5.74) is 7.21. The van der Waals surface area contributed by atoms with E-state index in [1.54, 1.807) is 42.7 Å². The molecule has 2 N–H and O–H groups in total. The normalized spacial score (nSPS) is 13.8. The zero-order valence-electron chi connectivity index (χ0n) is 12.2. The van der Waals surface area contributed by atoms with Crippen molar-refractivity contribution in [3.63, 3.8) is 0 Å². The predicted molar refractivity (Wildman–Crippen MR) is 88.7 cm³/mol. The van der Waals surface area contributed by atoms with E-state index in [1.807, 2.05) is 0 Å². The lowest BCUT2D eigenvalue weighted by Crippen LogP contribution is -2.12. The van der Waals surface area contributed by atoms with Crippen LogP contribution >= 0.6 is 0 Å². The van der Waals surface area contributed by atoms with Gasteiger partial charge in [-0.3, -0.25) is 4.21 Å². The van der Waals surface area contributed by atoms with E-state index in [9.17, 15) is 12.6 Å². The molecule has 0 aliphatic rings. The van der Waals surface area contributed by atoms with Gasteiger partial charge in [-0.25, -0.2) is 13.4 Å². The fourth-order valence-corrected chi connectivity index (χ4v) is 2.94. The fraction of sp³-hybridized carbons (Fsp3) is 0.133. The summed E-state index contributed by atoms with van der Waals surface area (Å²) in [6, 6.07) is 13.1. The van der Waals surface area contributed by atoms with E-state index in [0.717, 1.165) is 6.26 Å². The SMILES string of the molecule is CS(=O)c1ccc(C(N)=Nc2ccc(S(C)(=O)=O)cc2)cc1. The molecule has 0 amide bonds. The lowest BCUT2D eigenvalue weighted by molar-refractivity contribution is 0.602. The first-order chi connectivity index (χ1) is 10.3. The van der Waals surface area contributed by atoms with Gasteiger partial charge in [0.1, 0.15) is 5.84 Å². The van der Waals surface area contributed by atoms with Crippen molar-refractivity contribution in [1.82, 2.24) is 0 Å². The van der Waals surface area contributed by atoms with Crippen LogP contribution in [-0.2, 0) is 20.6 Å². The van der Waals surface area contributed by atoms with Gasteiger partial charge in [0.05, 0.1) is 10.6 Å². The van der Waals surface area contributed by atoms with E-state index < -0.39 is 20.6 Å². The number of aliphatic imine (C=N–C) groups is 1. The van der Waals surface area contributed by atoms with Crippen molar-refractivity contribution < 1.29 is 12.6 Å². The van der Waals surface area contributed by atoms with Gasteiger partial charge in [-0.2, -0.15) is 0 Å². The van der Waals surface area contributed by atoms with Crippen LogP contribution in [0.2, 0.25) is 0 Å². The van der Waals surface area contributed by atoms with Gasteiger partial charge in [-0.05, 0) is 36.4 Å². The second kappa shape index (κ2) is 6.41. The maximum absolute atomic E-state index is 11.4. The summed E-state index contributed by atoms with van der Waals surface area (Å²) in [5, 5.41) is 0. The smallest absolute Gasteiger partial charge is 0.175 e. The number of hydrogen-bond donors (Lipinski definition) is 1. The van der Waals surface area contributed by atoms with Crippen LogP contribution in [-0.4, -0.2) is 31.0 Å². The highest BCUT2D eigenvalue weighted by atomic mass is 32.2. The van der Waals surface area contributed by atoms with E-state index in [4.69, 9.17) is 5.73 Å². The summed E-state index contributed by atoms with van der Waals surface area (Å²) in [6.45, 7) is 0. The Morgan fingerprint density at radius 1 is 1.05 bits per heavy atom. The van der Waals surface area contributed by atoms with E-state index in [1.165, 1.54) is 12.1 Å². The third kappa shape index (κ3) is 4.02. The van der Waals surface area contributed by atoms with Gasteiger partial charge in [-0.15, -0.1) is 0 Å². The quantitative estimate of drug-likeness (QED) is 0.682. The number of nitrogens with two attached hydrogens (primary N) is 1. The molecule has 2 aromatic rings. The molecule has 0 saturated carbocycles. The Morgan fingerprint density at radius 2 is 1.59 bits per heavy atom. The van der Waals surface area contributed by atoms with Crippen LogP contribution in [0, 0.1) is 0 Å². The molecule has 2 aromatic carbocycles. The minimum atomic E-state index is -3.22. The van der Waals surface area contributed by atoms with Crippen molar-refractivity contribution in [2.75, 3.05) is 12.5 Å². The molecule has 116 valence electrons. The Bertz CT molecular complexity index is 824. The second-order valence-electron chi connectivity index (χ2n) is 4.74. The Kier molecular flexibility index (Phi) is 4.77. The molecule has 0 bridgehead atoms. The minimum Gasteiger partial charge on any atom is -0.383 e. The molecule has 0 aliphatic heterocycles. The lowest BCUT2D eigenvalue weighted by Gasteiger charge is -2.03. The zero-order valence-corrected chi connectivity index (χ0v) is 13.8. The molecular formula is C15H16N2O3S2. The van der Waals surface area contributed by atoms with Crippen molar-refractivity contribution in [2.45, 2.75) is 9.79 Å². The van der Waals surface area contributed by atoms with Crippen LogP contribution in [0.4, 0.5) is 5.69 Å². The molecule has 1 unspecified atom stereocenters. The third-order valence-electron chi connectivity index (χ3n) is 3.00. The van der Waals surface area contributed by atoms with Crippen LogP contribution in [0.1, 0.15) is 5.56 Å². The highest BCUT2D eigenvalue weighted by molar-refractivity contribution is 7.90. The van der Waals surface area contributed by atoms with Gasteiger partial charge in [0, 0.05) is 33.8 Å². The van der Waals surface area contributed by atoms with Gasteiger partial charge < -0.3 is 5.73 Å². The van der Waals surface area contributed by atoms with Crippen LogP contribution in [0.15, 0.2) is 63.3 Å². The average molecular weight is 336 g/mol. The monoisotopic (exact) mass is 336 g/mol. The molecule has 0 radical (unpaired) electrons. The summed E-state index contributed by atoms with van der Waals surface area (Å²) in [5.74, 6) is 0.306. The van der Waals surface area contributed by atoms with Gasteiger partial charge in [0.25, 0.3) is 0 Å². The Balaban J connectivity index is 2.26.